The van der Waals surface area contributed by atoms with E-state index in [1.165, 1.54) is 0 Å². The van der Waals surface area contributed by atoms with Gasteiger partial charge in [0.2, 0.25) is 5.91 Å². The number of nitrogens with one attached hydrogen (secondary N) is 1. The minimum atomic E-state index is -0.465. The van der Waals surface area contributed by atoms with Crippen LogP contribution < -0.4 is 10.1 Å². The van der Waals surface area contributed by atoms with Crippen LogP contribution in [-0.2, 0) is 11.3 Å². The molecule has 5 nitrogen and oxygen atoms in total. The van der Waals surface area contributed by atoms with Crippen LogP contribution in [-0.4, -0.2) is 36.5 Å². The average Bonchev–Trinajstić information content (AvgIpc) is 2.93. The number of nitrogens with zero attached hydrogens (tertiary/aromatic N) is 2. The lowest BCUT2D eigenvalue weighted by Crippen LogP contribution is -2.70. The number of nitriles is 1. The molecular formula is C15H17N3O2. The number of hydrogen-bond acceptors (Lipinski definition) is 4. The van der Waals surface area contributed by atoms with Crippen LogP contribution in [0, 0.1) is 17.2 Å². The number of hydrogen-bond donors (Lipinski definition) is 1. The van der Waals surface area contributed by atoms with Crippen LogP contribution in [0.4, 0.5) is 0 Å². The summed E-state index contributed by atoms with van der Waals surface area (Å²) in [6.07, 6.45) is 0.640. The third kappa shape index (κ3) is 2.02. The van der Waals surface area contributed by atoms with E-state index in [2.05, 4.69) is 11.4 Å². The van der Waals surface area contributed by atoms with Gasteiger partial charge in [0, 0.05) is 19.6 Å². The molecule has 2 saturated heterocycles. The van der Waals surface area contributed by atoms with E-state index in [9.17, 15) is 4.79 Å². The lowest BCUT2D eigenvalue weighted by atomic mass is 9.84. The highest BCUT2D eigenvalue weighted by Crippen LogP contribution is 2.35. The fourth-order valence-corrected chi connectivity index (χ4v) is 3.01. The summed E-state index contributed by atoms with van der Waals surface area (Å²) in [6.45, 7) is 1.93. The molecule has 0 aliphatic carbocycles. The van der Waals surface area contributed by atoms with Crippen molar-refractivity contribution in [2.24, 2.45) is 5.92 Å². The fraction of sp³-hybridized carbons (Fsp3) is 0.467. The number of likely N-dealkylation sites (tertiary alicyclic amines) is 1. The van der Waals surface area contributed by atoms with Gasteiger partial charge in [-0.3, -0.25) is 4.79 Å². The zero-order valence-electron chi connectivity index (χ0n) is 11.4. The molecule has 1 amide bonds. The van der Waals surface area contributed by atoms with E-state index in [-0.39, 0.29) is 11.8 Å². The maximum atomic E-state index is 12.3. The monoisotopic (exact) mass is 271 g/mol. The highest BCUT2D eigenvalue weighted by Gasteiger charge is 2.55. The Balaban J connectivity index is 1.61. The summed E-state index contributed by atoms with van der Waals surface area (Å²) in [6, 6.07) is 9.97. The third-order valence-corrected chi connectivity index (χ3v) is 4.15. The zero-order chi connectivity index (χ0) is 14.2. The van der Waals surface area contributed by atoms with Crippen LogP contribution in [0.2, 0.25) is 0 Å². The van der Waals surface area contributed by atoms with Crippen LogP contribution in [0.15, 0.2) is 24.3 Å². The summed E-state index contributed by atoms with van der Waals surface area (Å²) in [5.74, 6) is 0.891. The second kappa shape index (κ2) is 4.80. The normalized spacial score (nSPS) is 28.3. The third-order valence-electron chi connectivity index (χ3n) is 4.15. The Labute approximate surface area is 118 Å². The van der Waals surface area contributed by atoms with Gasteiger partial charge in [-0.15, -0.1) is 0 Å². The number of β-lactam (4-membered cyclic amide) rings is 1. The van der Waals surface area contributed by atoms with Crippen molar-refractivity contribution in [3.05, 3.63) is 29.8 Å². The standard InChI is InChI=1S/C15H17N3O2/c1-20-13-4-2-11(3-5-13)9-18-10-15(14(18)19)6-12(7-16)8-17-15/h2-5,12,17H,6,8-10H2,1H3. The van der Waals surface area contributed by atoms with Crippen molar-refractivity contribution in [2.75, 3.05) is 20.2 Å². The molecule has 0 saturated carbocycles. The maximum absolute atomic E-state index is 12.3. The Morgan fingerprint density at radius 3 is 2.80 bits per heavy atom. The molecule has 2 fully saturated rings. The molecule has 2 aliphatic rings. The number of ether oxygens (including phenoxy) is 1. The fourth-order valence-electron chi connectivity index (χ4n) is 3.01. The number of carbonyl (C=O) groups is 1. The maximum Gasteiger partial charge on any atom is 0.245 e. The van der Waals surface area contributed by atoms with E-state index in [0.29, 0.717) is 26.1 Å². The van der Waals surface area contributed by atoms with Crippen molar-refractivity contribution in [1.82, 2.24) is 10.2 Å². The van der Waals surface area contributed by atoms with Crippen LogP contribution in [0.25, 0.3) is 0 Å². The second-order valence-corrected chi connectivity index (χ2v) is 5.50. The Kier molecular flexibility index (Phi) is 3.11. The summed E-state index contributed by atoms with van der Waals surface area (Å²) in [7, 11) is 1.63. The van der Waals surface area contributed by atoms with Crippen LogP contribution in [0.5, 0.6) is 5.75 Å². The van der Waals surface area contributed by atoms with E-state index in [1.54, 1.807) is 7.11 Å². The van der Waals surface area contributed by atoms with Crippen molar-refractivity contribution >= 4 is 5.91 Å². The van der Waals surface area contributed by atoms with Crippen molar-refractivity contribution in [1.29, 1.82) is 5.26 Å². The molecule has 20 heavy (non-hydrogen) atoms. The molecule has 104 valence electrons. The minimum absolute atomic E-state index is 0.0397. The highest BCUT2D eigenvalue weighted by atomic mass is 16.5. The highest BCUT2D eigenvalue weighted by molar-refractivity contribution is 5.93. The topological polar surface area (TPSA) is 65.4 Å². The van der Waals surface area contributed by atoms with Gasteiger partial charge in [0.25, 0.3) is 0 Å². The molecule has 0 bridgehead atoms. The summed E-state index contributed by atoms with van der Waals surface area (Å²) in [5.41, 5.74) is 0.621. The second-order valence-electron chi connectivity index (χ2n) is 5.50. The van der Waals surface area contributed by atoms with E-state index in [0.717, 1.165) is 11.3 Å². The Morgan fingerprint density at radius 1 is 1.50 bits per heavy atom. The van der Waals surface area contributed by atoms with Gasteiger partial charge >= 0.3 is 0 Å². The summed E-state index contributed by atoms with van der Waals surface area (Å²) < 4.78 is 5.11. The van der Waals surface area contributed by atoms with Crippen molar-refractivity contribution in [3.63, 3.8) is 0 Å². The van der Waals surface area contributed by atoms with Gasteiger partial charge < -0.3 is 15.0 Å². The lowest BCUT2D eigenvalue weighted by molar-refractivity contribution is -0.153. The first kappa shape index (κ1) is 12.9. The molecule has 1 N–H and O–H groups in total. The van der Waals surface area contributed by atoms with Crippen molar-refractivity contribution in [3.8, 4) is 11.8 Å². The zero-order valence-corrected chi connectivity index (χ0v) is 11.4. The van der Waals surface area contributed by atoms with Gasteiger partial charge in [-0.25, -0.2) is 0 Å². The van der Waals surface area contributed by atoms with E-state index < -0.39 is 5.54 Å². The molecule has 5 heteroatoms. The summed E-state index contributed by atoms with van der Waals surface area (Å²) >= 11 is 0. The lowest BCUT2D eigenvalue weighted by Gasteiger charge is -2.46. The molecule has 0 radical (unpaired) electrons. The number of benzene rings is 1. The number of carbonyl (C=O) groups excluding carboxylic acids is 1. The predicted molar refractivity (Wildman–Crippen MR) is 72.9 cm³/mol. The van der Waals surface area contributed by atoms with E-state index >= 15 is 0 Å². The largest absolute Gasteiger partial charge is 0.497 e. The summed E-state index contributed by atoms with van der Waals surface area (Å²) in [4.78, 5) is 14.1. The smallest absolute Gasteiger partial charge is 0.245 e. The van der Waals surface area contributed by atoms with Crippen molar-refractivity contribution < 1.29 is 9.53 Å². The average molecular weight is 271 g/mol. The molecule has 2 heterocycles. The van der Waals surface area contributed by atoms with Crippen molar-refractivity contribution in [2.45, 2.75) is 18.5 Å². The number of amides is 1. The Hall–Kier alpha value is -2.06. The number of methoxy groups -OCH3 is 1. The van der Waals surface area contributed by atoms with Crippen LogP contribution in [0.3, 0.4) is 0 Å². The summed E-state index contributed by atoms with van der Waals surface area (Å²) in [5, 5.41) is 12.1. The van der Waals surface area contributed by atoms with Gasteiger partial charge in [-0.1, -0.05) is 12.1 Å². The molecule has 2 aliphatic heterocycles. The van der Waals surface area contributed by atoms with E-state index in [1.807, 2.05) is 29.2 Å². The molecular weight excluding hydrogens is 254 g/mol. The molecule has 1 aromatic carbocycles. The first-order valence-electron chi connectivity index (χ1n) is 6.74. The Bertz CT molecular complexity index is 563. The molecule has 2 atom stereocenters. The van der Waals surface area contributed by atoms with Crippen LogP contribution >= 0.6 is 0 Å². The predicted octanol–water partition coefficient (Wildman–Crippen LogP) is 0.909. The quantitative estimate of drug-likeness (QED) is 0.830. The SMILES string of the molecule is COc1ccc(CN2CC3(CC(C#N)CN3)C2=O)cc1. The van der Waals surface area contributed by atoms with Gasteiger partial charge in [0.15, 0.2) is 0 Å². The molecule has 3 rings (SSSR count). The van der Waals surface area contributed by atoms with Gasteiger partial charge in [0.05, 0.1) is 19.1 Å². The first-order valence-corrected chi connectivity index (χ1v) is 6.74. The van der Waals surface area contributed by atoms with Gasteiger partial charge in [-0.05, 0) is 24.1 Å². The van der Waals surface area contributed by atoms with Crippen LogP contribution in [0.1, 0.15) is 12.0 Å². The minimum Gasteiger partial charge on any atom is -0.497 e. The Morgan fingerprint density at radius 2 is 2.25 bits per heavy atom. The van der Waals surface area contributed by atoms with E-state index in [4.69, 9.17) is 10.00 Å². The van der Waals surface area contributed by atoms with Gasteiger partial charge in [0.1, 0.15) is 11.3 Å². The molecule has 0 aromatic heterocycles. The van der Waals surface area contributed by atoms with Gasteiger partial charge in [-0.2, -0.15) is 5.26 Å². The molecule has 2 unspecified atom stereocenters. The molecule has 1 aromatic rings. The number of rotatable bonds is 3. The first-order chi connectivity index (χ1) is 9.66. The molecule has 1 spiro atoms.